The molecule has 6 heteroatoms. The van der Waals surface area contributed by atoms with Crippen molar-refractivity contribution >= 4 is 29.1 Å². The van der Waals surface area contributed by atoms with Crippen LogP contribution in [0.3, 0.4) is 0 Å². The van der Waals surface area contributed by atoms with Crippen molar-refractivity contribution in [2.75, 3.05) is 23.3 Å². The van der Waals surface area contributed by atoms with Crippen LogP contribution in [0.5, 0.6) is 0 Å². The minimum atomic E-state index is 0.492. The van der Waals surface area contributed by atoms with Gasteiger partial charge in [-0.15, -0.1) is 0 Å². The second-order valence-electron chi connectivity index (χ2n) is 7.32. The molecule has 1 aromatic heterocycles. The van der Waals surface area contributed by atoms with Gasteiger partial charge in [0.05, 0.1) is 0 Å². The van der Waals surface area contributed by atoms with Gasteiger partial charge in [0.2, 0.25) is 5.95 Å². The predicted molar refractivity (Wildman–Crippen MR) is 104 cm³/mol. The van der Waals surface area contributed by atoms with E-state index in [1.54, 1.807) is 0 Å². The molecule has 1 saturated heterocycles. The zero-order valence-corrected chi connectivity index (χ0v) is 15.7. The van der Waals surface area contributed by atoms with Crippen LogP contribution in [0.2, 0.25) is 0 Å². The van der Waals surface area contributed by atoms with Crippen molar-refractivity contribution in [1.82, 2.24) is 15.3 Å². The summed E-state index contributed by atoms with van der Waals surface area (Å²) in [6, 6.07) is 2.56. The van der Waals surface area contributed by atoms with Gasteiger partial charge in [-0.25, -0.2) is 4.98 Å². The number of piperidine rings is 1. The first kappa shape index (κ1) is 17.4. The summed E-state index contributed by atoms with van der Waals surface area (Å²) in [5.41, 5.74) is 0.973. The third kappa shape index (κ3) is 4.79. The summed E-state index contributed by atoms with van der Waals surface area (Å²) in [5, 5.41) is 7.26. The highest BCUT2D eigenvalue weighted by atomic mass is 32.1. The van der Waals surface area contributed by atoms with E-state index in [-0.39, 0.29) is 0 Å². The van der Waals surface area contributed by atoms with Crippen LogP contribution in [0.15, 0.2) is 6.07 Å². The van der Waals surface area contributed by atoms with E-state index in [0.717, 1.165) is 30.5 Å². The van der Waals surface area contributed by atoms with Gasteiger partial charge in [0.15, 0.2) is 5.11 Å². The van der Waals surface area contributed by atoms with Crippen molar-refractivity contribution < 1.29 is 0 Å². The number of thiocarbonyl (C=S) groups is 1. The van der Waals surface area contributed by atoms with Crippen molar-refractivity contribution in [1.29, 1.82) is 0 Å². The molecule has 1 aliphatic carbocycles. The fourth-order valence-electron chi connectivity index (χ4n) is 3.74. The van der Waals surface area contributed by atoms with Gasteiger partial charge in [-0.2, -0.15) is 4.98 Å². The van der Waals surface area contributed by atoms with Crippen LogP contribution in [0.25, 0.3) is 0 Å². The minimum absolute atomic E-state index is 0.492. The van der Waals surface area contributed by atoms with Crippen LogP contribution in [-0.4, -0.2) is 34.2 Å². The van der Waals surface area contributed by atoms with Crippen molar-refractivity contribution in [3.8, 4) is 0 Å². The summed E-state index contributed by atoms with van der Waals surface area (Å²) >= 11 is 5.46. The summed E-state index contributed by atoms with van der Waals surface area (Å²) in [5.74, 6) is 2.34. The molecule has 0 spiro atoms. The second-order valence-corrected chi connectivity index (χ2v) is 7.73. The fraction of sp³-hybridized carbons (Fsp3) is 0.722. The van der Waals surface area contributed by atoms with Crippen LogP contribution in [0.1, 0.15) is 57.6 Å². The maximum atomic E-state index is 5.46. The number of nitrogens with zero attached hydrogens (tertiary/aromatic N) is 3. The Bertz CT molecular complexity index is 571. The van der Waals surface area contributed by atoms with Crippen molar-refractivity contribution in [3.63, 3.8) is 0 Å². The van der Waals surface area contributed by atoms with Crippen molar-refractivity contribution in [2.24, 2.45) is 5.92 Å². The Morgan fingerprint density at radius 3 is 2.71 bits per heavy atom. The topological polar surface area (TPSA) is 53.1 Å². The van der Waals surface area contributed by atoms with Gasteiger partial charge in [-0.3, -0.25) is 0 Å². The molecule has 1 aromatic rings. The summed E-state index contributed by atoms with van der Waals surface area (Å²) in [4.78, 5) is 11.6. The monoisotopic (exact) mass is 347 g/mol. The molecule has 3 rings (SSSR count). The molecule has 1 atom stereocenters. The summed E-state index contributed by atoms with van der Waals surface area (Å²) in [7, 11) is 0. The molecule has 0 amide bonds. The normalized spacial score (nSPS) is 22.2. The Morgan fingerprint density at radius 2 is 1.96 bits per heavy atom. The molecule has 132 valence electrons. The van der Waals surface area contributed by atoms with E-state index in [9.17, 15) is 0 Å². The van der Waals surface area contributed by atoms with Crippen LogP contribution < -0.4 is 15.5 Å². The lowest BCUT2D eigenvalue weighted by Crippen LogP contribution is -2.39. The molecule has 0 bridgehead atoms. The van der Waals surface area contributed by atoms with E-state index in [1.807, 2.05) is 6.92 Å². The van der Waals surface area contributed by atoms with Crippen LogP contribution in [0.4, 0.5) is 11.8 Å². The molecule has 1 aliphatic heterocycles. The Labute approximate surface area is 150 Å². The molecule has 2 fully saturated rings. The first-order chi connectivity index (χ1) is 11.6. The maximum Gasteiger partial charge on any atom is 0.231 e. The number of anilines is 2. The molecule has 5 nitrogen and oxygen atoms in total. The summed E-state index contributed by atoms with van der Waals surface area (Å²) in [6.45, 7) is 6.47. The zero-order chi connectivity index (χ0) is 16.9. The molecule has 24 heavy (non-hydrogen) atoms. The van der Waals surface area contributed by atoms with Crippen LogP contribution >= 0.6 is 12.2 Å². The average molecular weight is 348 g/mol. The van der Waals surface area contributed by atoms with E-state index < -0.39 is 0 Å². The highest BCUT2D eigenvalue weighted by Gasteiger charge is 2.19. The molecular weight excluding hydrogens is 318 g/mol. The molecular formula is C18H29N5S. The fourth-order valence-corrected chi connectivity index (χ4v) is 4.00. The maximum absolute atomic E-state index is 5.46. The third-order valence-electron chi connectivity index (χ3n) is 4.99. The third-order valence-corrected chi connectivity index (χ3v) is 5.21. The molecule has 2 heterocycles. The quantitative estimate of drug-likeness (QED) is 0.814. The SMILES string of the molecule is Cc1cc(N2CCC[C@H](C)C2)nc(NC(=S)NC2CCCCC2)n1. The average Bonchev–Trinajstić information content (AvgIpc) is 2.55. The summed E-state index contributed by atoms with van der Waals surface area (Å²) < 4.78 is 0. The Balaban J connectivity index is 1.63. The highest BCUT2D eigenvalue weighted by Crippen LogP contribution is 2.23. The molecule has 0 aromatic carbocycles. The number of rotatable bonds is 3. The van der Waals surface area contributed by atoms with Gasteiger partial charge >= 0.3 is 0 Å². The van der Waals surface area contributed by atoms with E-state index in [0.29, 0.717) is 17.1 Å². The number of aryl methyl sites for hydroxylation is 1. The second kappa shape index (κ2) is 8.10. The first-order valence-corrected chi connectivity index (χ1v) is 9.69. The van der Waals surface area contributed by atoms with Gasteiger partial charge in [-0.1, -0.05) is 26.2 Å². The van der Waals surface area contributed by atoms with Gasteiger partial charge in [0.1, 0.15) is 5.82 Å². The number of nitrogens with one attached hydrogen (secondary N) is 2. The van der Waals surface area contributed by atoms with Gasteiger partial charge in [0, 0.05) is 30.9 Å². The molecule has 1 saturated carbocycles. The largest absolute Gasteiger partial charge is 0.360 e. The number of hydrogen-bond donors (Lipinski definition) is 2. The van der Waals surface area contributed by atoms with Crippen LogP contribution in [-0.2, 0) is 0 Å². The van der Waals surface area contributed by atoms with Crippen molar-refractivity contribution in [3.05, 3.63) is 11.8 Å². The Morgan fingerprint density at radius 1 is 1.17 bits per heavy atom. The predicted octanol–water partition coefficient (Wildman–Crippen LogP) is 3.64. The van der Waals surface area contributed by atoms with E-state index >= 15 is 0 Å². The lowest BCUT2D eigenvalue weighted by Gasteiger charge is -2.32. The smallest absolute Gasteiger partial charge is 0.231 e. The Kier molecular flexibility index (Phi) is 5.87. The van der Waals surface area contributed by atoms with Crippen LogP contribution in [0, 0.1) is 12.8 Å². The molecule has 0 unspecified atom stereocenters. The first-order valence-electron chi connectivity index (χ1n) is 9.28. The van der Waals surface area contributed by atoms with Gasteiger partial charge in [0.25, 0.3) is 0 Å². The van der Waals surface area contributed by atoms with Gasteiger partial charge < -0.3 is 15.5 Å². The standard InChI is InChI=1S/C18H29N5S/c1-13-7-6-10-23(12-13)16-11-14(2)19-17(21-16)22-18(24)20-15-8-4-3-5-9-15/h11,13,15H,3-10,12H2,1-2H3,(H2,19,20,21,22,24)/t13-/m0/s1. The van der Waals surface area contributed by atoms with E-state index in [1.165, 1.54) is 44.9 Å². The van der Waals surface area contributed by atoms with Gasteiger partial charge in [-0.05, 0) is 50.7 Å². The van der Waals surface area contributed by atoms with E-state index in [2.05, 4.69) is 33.5 Å². The zero-order valence-electron chi connectivity index (χ0n) is 14.8. The molecule has 2 N–H and O–H groups in total. The number of aromatic nitrogens is 2. The number of hydrogen-bond acceptors (Lipinski definition) is 4. The summed E-state index contributed by atoms with van der Waals surface area (Å²) in [6.07, 6.45) is 8.87. The lowest BCUT2D eigenvalue weighted by molar-refractivity contribution is 0.414. The highest BCUT2D eigenvalue weighted by molar-refractivity contribution is 7.80. The van der Waals surface area contributed by atoms with Crippen molar-refractivity contribution in [2.45, 2.75) is 64.8 Å². The molecule has 2 aliphatic rings. The Hall–Kier alpha value is -1.43. The minimum Gasteiger partial charge on any atom is -0.360 e. The lowest BCUT2D eigenvalue weighted by atomic mass is 9.96. The van der Waals surface area contributed by atoms with E-state index in [4.69, 9.17) is 17.2 Å². The molecule has 0 radical (unpaired) electrons.